The molecule has 1 rings (SSSR count). The number of carbonyl (C=O) groups excluding carboxylic acids is 1. The summed E-state index contributed by atoms with van der Waals surface area (Å²) < 4.78 is 9.16. The molecule has 0 aliphatic carbocycles. The van der Waals surface area contributed by atoms with Crippen molar-refractivity contribution in [2.75, 3.05) is 20.2 Å². The van der Waals surface area contributed by atoms with Crippen LogP contribution in [0.1, 0.15) is 6.42 Å². The summed E-state index contributed by atoms with van der Waals surface area (Å²) >= 11 is 0. The molecule has 1 N–H and O–H groups in total. The Balaban J connectivity index is 0.000001000. The molecule has 1 aliphatic heterocycles. The Bertz CT molecular complexity index is 125. The van der Waals surface area contributed by atoms with Crippen molar-refractivity contribution < 1.29 is 14.3 Å². The Labute approximate surface area is 71.6 Å². The average molecular weight is 182 g/mol. The van der Waals surface area contributed by atoms with E-state index in [0.717, 1.165) is 19.5 Å². The molecule has 0 aromatic carbocycles. The van der Waals surface area contributed by atoms with Gasteiger partial charge in [-0.05, 0) is 13.0 Å². The van der Waals surface area contributed by atoms with Crippen molar-refractivity contribution in [1.82, 2.24) is 5.32 Å². The molecule has 1 saturated heterocycles. The molecular weight excluding hydrogens is 170 g/mol. The summed E-state index contributed by atoms with van der Waals surface area (Å²) in [6.07, 6.45) is 0.302. The van der Waals surface area contributed by atoms with E-state index in [2.05, 4.69) is 10.1 Å². The molecular formula is C6H12ClNO3. The van der Waals surface area contributed by atoms with Crippen LogP contribution in [0, 0.1) is 0 Å². The lowest BCUT2D eigenvalue weighted by Crippen LogP contribution is -2.20. The summed E-state index contributed by atoms with van der Waals surface area (Å²) in [6.45, 7) is 1.66. The molecule has 0 unspecified atom stereocenters. The minimum Gasteiger partial charge on any atom is -0.438 e. The number of ether oxygens (including phenoxy) is 2. The minimum absolute atomic E-state index is 0. The zero-order valence-corrected chi connectivity index (χ0v) is 7.15. The Morgan fingerprint density at radius 3 is 2.82 bits per heavy atom. The first kappa shape index (κ1) is 10.5. The van der Waals surface area contributed by atoms with Crippen LogP contribution in [0.3, 0.4) is 0 Å². The van der Waals surface area contributed by atoms with Crippen LogP contribution in [-0.2, 0) is 9.47 Å². The minimum atomic E-state index is -0.589. The van der Waals surface area contributed by atoms with E-state index < -0.39 is 6.16 Å². The molecule has 0 aromatic heterocycles. The number of methoxy groups -OCH3 is 1. The number of halogens is 1. The third-order valence-electron chi connectivity index (χ3n) is 1.44. The van der Waals surface area contributed by atoms with Crippen molar-refractivity contribution >= 4 is 18.6 Å². The van der Waals surface area contributed by atoms with Crippen molar-refractivity contribution in [2.45, 2.75) is 12.5 Å². The molecule has 4 nitrogen and oxygen atoms in total. The molecule has 66 valence electrons. The predicted molar refractivity (Wildman–Crippen MR) is 42.0 cm³/mol. The van der Waals surface area contributed by atoms with Gasteiger partial charge in [0.25, 0.3) is 0 Å². The Hall–Kier alpha value is -0.480. The van der Waals surface area contributed by atoms with Crippen molar-refractivity contribution in [2.24, 2.45) is 0 Å². The lowest BCUT2D eigenvalue weighted by atomic mass is 10.3. The zero-order chi connectivity index (χ0) is 7.40. The molecule has 11 heavy (non-hydrogen) atoms. The summed E-state index contributed by atoms with van der Waals surface area (Å²) in [6, 6.07) is 0. The van der Waals surface area contributed by atoms with E-state index in [-0.39, 0.29) is 18.5 Å². The topological polar surface area (TPSA) is 47.6 Å². The maximum Gasteiger partial charge on any atom is 0.508 e. The van der Waals surface area contributed by atoms with Gasteiger partial charge < -0.3 is 14.8 Å². The zero-order valence-electron chi connectivity index (χ0n) is 6.33. The molecule has 1 atom stereocenters. The van der Waals surface area contributed by atoms with Crippen LogP contribution in [0.15, 0.2) is 0 Å². The molecule has 0 aromatic rings. The fourth-order valence-corrected chi connectivity index (χ4v) is 0.913. The van der Waals surface area contributed by atoms with Crippen LogP contribution >= 0.6 is 12.4 Å². The molecule has 1 fully saturated rings. The lowest BCUT2D eigenvalue weighted by Gasteiger charge is -2.07. The van der Waals surface area contributed by atoms with Crippen molar-refractivity contribution in [3.8, 4) is 0 Å². The Kier molecular flexibility index (Phi) is 4.98. The van der Waals surface area contributed by atoms with E-state index in [4.69, 9.17) is 4.74 Å². The van der Waals surface area contributed by atoms with Gasteiger partial charge in [-0.3, -0.25) is 0 Å². The highest BCUT2D eigenvalue weighted by molar-refractivity contribution is 5.85. The van der Waals surface area contributed by atoms with Crippen LogP contribution in [0.4, 0.5) is 4.79 Å². The first-order chi connectivity index (χ1) is 4.83. The van der Waals surface area contributed by atoms with Gasteiger partial charge in [0.05, 0.1) is 7.11 Å². The lowest BCUT2D eigenvalue weighted by molar-refractivity contribution is 0.0439. The maximum absolute atomic E-state index is 10.5. The Morgan fingerprint density at radius 1 is 1.64 bits per heavy atom. The Morgan fingerprint density at radius 2 is 2.36 bits per heavy atom. The van der Waals surface area contributed by atoms with E-state index >= 15 is 0 Å². The SMILES string of the molecule is COC(=O)O[C@H]1CCNC1.Cl. The van der Waals surface area contributed by atoms with Crippen LogP contribution in [0.25, 0.3) is 0 Å². The van der Waals surface area contributed by atoms with E-state index in [0.29, 0.717) is 0 Å². The fourth-order valence-electron chi connectivity index (χ4n) is 0.913. The second-order valence-electron chi connectivity index (χ2n) is 2.19. The standard InChI is InChI=1S/C6H11NO3.ClH/c1-9-6(8)10-5-2-3-7-4-5;/h5,7H,2-4H2,1H3;1H/t5-;/m0./s1. The first-order valence-corrected chi connectivity index (χ1v) is 3.28. The highest BCUT2D eigenvalue weighted by Gasteiger charge is 2.18. The number of hydrogen-bond donors (Lipinski definition) is 1. The second-order valence-corrected chi connectivity index (χ2v) is 2.19. The van der Waals surface area contributed by atoms with Gasteiger partial charge in [0.1, 0.15) is 6.10 Å². The third kappa shape index (κ3) is 3.43. The van der Waals surface area contributed by atoms with Crippen molar-refractivity contribution in [3.63, 3.8) is 0 Å². The molecule has 1 aliphatic rings. The van der Waals surface area contributed by atoms with Crippen LogP contribution in [0.2, 0.25) is 0 Å². The highest BCUT2D eigenvalue weighted by atomic mass is 35.5. The maximum atomic E-state index is 10.5. The van der Waals surface area contributed by atoms with Gasteiger partial charge in [0.2, 0.25) is 0 Å². The predicted octanol–water partition coefficient (Wildman–Crippen LogP) is 0.553. The third-order valence-corrected chi connectivity index (χ3v) is 1.44. The molecule has 0 bridgehead atoms. The summed E-state index contributed by atoms with van der Waals surface area (Å²) in [5.41, 5.74) is 0. The summed E-state index contributed by atoms with van der Waals surface area (Å²) in [4.78, 5) is 10.5. The number of carbonyl (C=O) groups is 1. The smallest absolute Gasteiger partial charge is 0.438 e. The second kappa shape index (κ2) is 5.21. The summed E-state index contributed by atoms with van der Waals surface area (Å²) in [5, 5.41) is 3.07. The van der Waals surface area contributed by atoms with Gasteiger partial charge >= 0.3 is 6.16 Å². The highest BCUT2D eigenvalue weighted by Crippen LogP contribution is 2.03. The summed E-state index contributed by atoms with van der Waals surface area (Å²) in [7, 11) is 1.31. The van der Waals surface area contributed by atoms with Crippen LogP contribution < -0.4 is 5.32 Å². The first-order valence-electron chi connectivity index (χ1n) is 3.28. The van der Waals surface area contributed by atoms with Gasteiger partial charge in [-0.15, -0.1) is 12.4 Å². The van der Waals surface area contributed by atoms with Gasteiger partial charge in [-0.1, -0.05) is 0 Å². The quantitative estimate of drug-likeness (QED) is 0.601. The molecule has 0 spiro atoms. The number of rotatable bonds is 1. The number of hydrogen-bond acceptors (Lipinski definition) is 4. The van der Waals surface area contributed by atoms with Crippen molar-refractivity contribution in [3.05, 3.63) is 0 Å². The largest absolute Gasteiger partial charge is 0.508 e. The van der Waals surface area contributed by atoms with E-state index in [1.165, 1.54) is 7.11 Å². The van der Waals surface area contributed by atoms with Gasteiger partial charge in [0.15, 0.2) is 0 Å². The van der Waals surface area contributed by atoms with Crippen molar-refractivity contribution in [1.29, 1.82) is 0 Å². The molecule has 5 heteroatoms. The van der Waals surface area contributed by atoms with Gasteiger partial charge in [-0.2, -0.15) is 0 Å². The van der Waals surface area contributed by atoms with Gasteiger partial charge in [-0.25, -0.2) is 4.79 Å². The average Bonchev–Trinajstić information content (AvgIpc) is 2.40. The van der Waals surface area contributed by atoms with Crippen LogP contribution in [-0.4, -0.2) is 32.5 Å². The van der Waals surface area contributed by atoms with E-state index in [1.54, 1.807) is 0 Å². The number of nitrogens with one attached hydrogen (secondary N) is 1. The fraction of sp³-hybridized carbons (Fsp3) is 0.833. The normalized spacial score (nSPS) is 22.1. The van der Waals surface area contributed by atoms with E-state index in [1.807, 2.05) is 0 Å². The summed E-state index contributed by atoms with van der Waals surface area (Å²) in [5.74, 6) is 0. The molecule has 0 amide bonds. The van der Waals surface area contributed by atoms with E-state index in [9.17, 15) is 4.79 Å². The van der Waals surface area contributed by atoms with Crippen LogP contribution in [0.5, 0.6) is 0 Å². The molecule has 1 heterocycles. The molecule has 0 radical (unpaired) electrons. The monoisotopic (exact) mass is 181 g/mol. The molecule has 0 saturated carbocycles. The van der Waals surface area contributed by atoms with Gasteiger partial charge in [0, 0.05) is 6.54 Å².